The number of amides is 5. The van der Waals surface area contributed by atoms with Gasteiger partial charge in [-0.1, -0.05) is 19.9 Å². The Morgan fingerprint density at radius 1 is 1.36 bits per heavy atom. The molecule has 9 heteroatoms. The van der Waals surface area contributed by atoms with Gasteiger partial charge in [-0.05, 0) is 36.1 Å². The molecule has 0 radical (unpaired) electrons. The van der Waals surface area contributed by atoms with Crippen LogP contribution in [0.4, 0.5) is 4.79 Å². The first-order valence-corrected chi connectivity index (χ1v) is 10.2. The van der Waals surface area contributed by atoms with Gasteiger partial charge >= 0.3 is 6.03 Å². The summed E-state index contributed by atoms with van der Waals surface area (Å²) in [6.07, 6.45) is 1.72. The molecule has 1 aliphatic carbocycles. The molecular formula is C19H26N4O4S. The molecule has 2 fully saturated rings. The normalized spacial score (nSPS) is 23.0. The molecule has 8 nitrogen and oxygen atoms in total. The van der Waals surface area contributed by atoms with Crippen LogP contribution in [0.25, 0.3) is 0 Å². The summed E-state index contributed by atoms with van der Waals surface area (Å²) in [5, 5.41) is 7.39. The molecule has 0 spiro atoms. The third kappa shape index (κ3) is 3.50. The maximum atomic E-state index is 13.2. The molecule has 5 amide bonds. The maximum Gasteiger partial charge on any atom is 0.325 e. The average molecular weight is 407 g/mol. The van der Waals surface area contributed by atoms with E-state index in [1.165, 1.54) is 16.2 Å². The third-order valence-corrected chi connectivity index (χ3v) is 6.23. The van der Waals surface area contributed by atoms with E-state index in [1.807, 2.05) is 31.4 Å². The van der Waals surface area contributed by atoms with Gasteiger partial charge in [-0.15, -0.1) is 11.3 Å². The van der Waals surface area contributed by atoms with Crippen molar-refractivity contribution in [1.29, 1.82) is 0 Å². The van der Waals surface area contributed by atoms with Gasteiger partial charge in [0.25, 0.3) is 5.91 Å². The minimum atomic E-state index is -1.07. The summed E-state index contributed by atoms with van der Waals surface area (Å²) >= 11 is 1.42. The zero-order valence-electron chi connectivity index (χ0n) is 16.5. The van der Waals surface area contributed by atoms with E-state index in [1.54, 1.807) is 14.1 Å². The Kier molecular flexibility index (Phi) is 5.47. The van der Waals surface area contributed by atoms with Gasteiger partial charge in [0.1, 0.15) is 12.6 Å². The lowest BCUT2D eigenvalue weighted by molar-refractivity contribution is -0.138. The molecule has 1 unspecified atom stereocenters. The minimum absolute atomic E-state index is 0.0504. The van der Waals surface area contributed by atoms with Crippen LogP contribution in [0.2, 0.25) is 0 Å². The zero-order chi connectivity index (χ0) is 20.6. The van der Waals surface area contributed by atoms with Gasteiger partial charge in [-0.25, -0.2) is 4.79 Å². The molecule has 152 valence electrons. The Hall–Kier alpha value is -2.42. The molecule has 3 rings (SSSR count). The van der Waals surface area contributed by atoms with Gasteiger partial charge in [0, 0.05) is 19.0 Å². The smallest absolute Gasteiger partial charge is 0.325 e. The summed E-state index contributed by atoms with van der Waals surface area (Å²) in [7, 11) is 3.23. The fourth-order valence-corrected chi connectivity index (χ4v) is 4.51. The van der Waals surface area contributed by atoms with Crippen LogP contribution in [0.3, 0.4) is 0 Å². The van der Waals surface area contributed by atoms with Gasteiger partial charge in [-0.2, -0.15) is 0 Å². The first kappa shape index (κ1) is 20.3. The van der Waals surface area contributed by atoms with Crippen molar-refractivity contribution >= 4 is 35.1 Å². The number of urea groups is 1. The molecule has 1 saturated carbocycles. The number of nitrogens with one attached hydrogen (secondary N) is 2. The van der Waals surface area contributed by atoms with Gasteiger partial charge in [0.2, 0.25) is 11.8 Å². The third-order valence-electron chi connectivity index (χ3n) is 5.22. The number of imide groups is 1. The van der Waals surface area contributed by atoms with Crippen molar-refractivity contribution in [1.82, 2.24) is 20.4 Å². The summed E-state index contributed by atoms with van der Waals surface area (Å²) in [5.74, 6) is -1.23. The van der Waals surface area contributed by atoms with Crippen molar-refractivity contribution in [3.8, 4) is 0 Å². The number of carbonyl (C=O) groups is 4. The van der Waals surface area contributed by atoms with Crippen LogP contribution in [0.15, 0.2) is 17.5 Å². The van der Waals surface area contributed by atoms with Gasteiger partial charge in [-0.3, -0.25) is 19.3 Å². The second-order valence-electron chi connectivity index (χ2n) is 7.90. The quantitative estimate of drug-likeness (QED) is 0.663. The van der Waals surface area contributed by atoms with E-state index < -0.39 is 36.0 Å². The highest BCUT2D eigenvalue weighted by molar-refractivity contribution is 7.10. The van der Waals surface area contributed by atoms with Gasteiger partial charge in [0.15, 0.2) is 5.54 Å². The largest absolute Gasteiger partial charge is 0.347 e. The van der Waals surface area contributed by atoms with Crippen molar-refractivity contribution in [3.05, 3.63) is 22.4 Å². The molecule has 28 heavy (non-hydrogen) atoms. The van der Waals surface area contributed by atoms with E-state index in [2.05, 4.69) is 10.6 Å². The summed E-state index contributed by atoms with van der Waals surface area (Å²) in [6.45, 7) is 3.25. The van der Waals surface area contributed by atoms with E-state index >= 15 is 0 Å². The van der Waals surface area contributed by atoms with Crippen LogP contribution < -0.4 is 10.6 Å². The van der Waals surface area contributed by atoms with Crippen molar-refractivity contribution in [2.45, 2.75) is 38.3 Å². The van der Waals surface area contributed by atoms with E-state index in [0.29, 0.717) is 0 Å². The molecule has 1 aromatic rings. The van der Waals surface area contributed by atoms with Crippen LogP contribution in [0.5, 0.6) is 0 Å². The first-order valence-electron chi connectivity index (χ1n) is 9.37. The monoisotopic (exact) mass is 406 g/mol. The topological polar surface area (TPSA) is 98.8 Å². The predicted octanol–water partition coefficient (Wildman–Crippen LogP) is 1.13. The second kappa shape index (κ2) is 7.54. The van der Waals surface area contributed by atoms with E-state index in [-0.39, 0.29) is 17.7 Å². The number of nitrogens with zero attached hydrogens (tertiary/aromatic N) is 2. The summed E-state index contributed by atoms with van der Waals surface area (Å²) in [4.78, 5) is 53.8. The highest BCUT2D eigenvalue weighted by Crippen LogP contribution is 2.50. The van der Waals surface area contributed by atoms with Crippen LogP contribution in [-0.2, 0) is 19.9 Å². The number of hydrogen-bond acceptors (Lipinski definition) is 5. The zero-order valence-corrected chi connectivity index (χ0v) is 17.3. The standard InChI is InChI=1S/C19H26N4O4S/c1-11(2)15(16(25)22(3)4)20-14(24)10-23-17(26)19(12-7-8-12,21-18(23)27)13-6-5-9-28-13/h5-6,9,11-12,15H,7-8,10H2,1-4H3,(H,20,24)(H,21,27)/t15-,19?/m0/s1. The van der Waals surface area contributed by atoms with Gasteiger partial charge in [0.05, 0.1) is 0 Å². The van der Waals surface area contributed by atoms with E-state index in [9.17, 15) is 19.2 Å². The number of carbonyl (C=O) groups excluding carboxylic acids is 4. The molecule has 2 N–H and O–H groups in total. The Bertz CT molecular complexity index is 788. The summed E-state index contributed by atoms with van der Waals surface area (Å²) < 4.78 is 0. The van der Waals surface area contributed by atoms with Crippen LogP contribution >= 0.6 is 11.3 Å². The number of hydrogen-bond donors (Lipinski definition) is 2. The molecule has 1 saturated heterocycles. The van der Waals surface area contributed by atoms with Crippen molar-refractivity contribution in [2.24, 2.45) is 11.8 Å². The average Bonchev–Trinajstić information content (AvgIpc) is 3.28. The Labute approximate surface area is 168 Å². The SMILES string of the molecule is CC(C)[C@H](NC(=O)CN1C(=O)NC(c2cccs2)(C2CC2)C1=O)C(=O)N(C)C. The lowest BCUT2D eigenvalue weighted by Crippen LogP contribution is -2.52. The first-order chi connectivity index (χ1) is 13.2. The second-order valence-corrected chi connectivity index (χ2v) is 8.85. The molecule has 2 heterocycles. The van der Waals surface area contributed by atoms with Crippen molar-refractivity contribution < 1.29 is 19.2 Å². The number of likely N-dealkylation sites (N-methyl/N-ethyl adjacent to an activating group) is 1. The highest BCUT2D eigenvalue weighted by Gasteiger charge is 2.61. The fraction of sp³-hybridized carbons (Fsp3) is 0.579. The number of rotatable bonds is 7. The highest BCUT2D eigenvalue weighted by atomic mass is 32.1. The lowest BCUT2D eigenvalue weighted by Gasteiger charge is -2.26. The fourth-order valence-electron chi connectivity index (χ4n) is 3.56. The molecule has 1 aromatic heterocycles. The van der Waals surface area contributed by atoms with E-state index in [0.717, 1.165) is 22.6 Å². The molecule has 2 atom stereocenters. The molecule has 0 bridgehead atoms. The minimum Gasteiger partial charge on any atom is -0.347 e. The maximum absolute atomic E-state index is 13.2. The predicted molar refractivity (Wildman–Crippen MR) is 104 cm³/mol. The molecule has 0 aromatic carbocycles. The van der Waals surface area contributed by atoms with Crippen LogP contribution in [0, 0.1) is 11.8 Å². The lowest BCUT2D eigenvalue weighted by atomic mass is 9.91. The Morgan fingerprint density at radius 2 is 2.04 bits per heavy atom. The van der Waals surface area contributed by atoms with Crippen LogP contribution in [-0.4, -0.2) is 60.2 Å². The van der Waals surface area contributed by atoms with Crippen molar-refractivity contribution in [2.75, 3.05) is 20.6 Å². The van der Waals surface area contributed by atoms with Crippen molar-refractivity contribution in [3.63, 3.8) is 0 Å². The summed E-state index contributed by atoms with van der Waals surface area (Å²) in [5.41, 5.74) is -1.07. The number of thiophene rings is 1. The van der Waals surface area contributed by atoms with Gasteiger partial charge < -0.3 is 15.5 Å². The molecular weight excluding hydrogens is 380 g/mol. The van der Waals surface area contributed by atoms with E-state index in [4.69, 9.17) is 0 Å². The Morgan fingerprint density at radius 3 is 2.54 bits per heavy atom. The molecule has 2 aliphatic rings. The molecule has 1 aliphatic heterocycles. The summed E-state index contributed by atoms with van der Waals surface area (Å²) in [6, 6.07) is 2.41. The van der Waals surface area contributed by atoms with Crippen LogP contribution in [0.1, 0.15) is 31.6 Å². The Balaban J connectivity index is 1.75.